The van der Waals surface area contributed by atoms with Crippen LogP contribution in [0.1, 0.15) is 31.7 Å². The first-order valence-corrected chi connectivity index (χ1v) is 6.63. The molecule has 2 nitrogen and oxygen atoms in total. The minimum absolute atomic E-state index is 0.209. The van der Waals surface area contributed by atoms with Crippen LogP contribution in [0, 0.1) is 5.92 Å². The lowest BCUT2D eigenvalue weighted by Gasteiger charge is -2.25. The highest BCUT2D eigenvalue weighted by Crippen LogP contribution is 2.37. The van der Waals surface area contributed by atoms with Gasteiger partial charge in [-0.05, 0) is 43.4 Å². The summed E-state index contributed by atoms with van der Waals surface area (Å²) in [6, 6.07) is 4.21. The molecule has 106 valence electrons. The molecule has 0 amide bonds. The molecular weight excluding hydrogens is 253 g/mol. The van der Waals surface area contributed by atoms with E-state index in [1.807, 2.05) is 11.8 Å². The van der Waals surface area contributed by atoms with Crippen LogP contribution in [0.5, 0.6) is 0 Å². The molecule has 0 saturated heterocycles. The molecule has 1 aliphatic carbocycles. The van der Waals surface area contributed by atoms with Crippen LogP contribution in [-0.4, -0.2) is 13.1 Å². The molecule has 0 aromatic heterocycles. The van der Waals surface area contributed by atoms with Gasteiger partial charge in [-0.3, -0.25) is 0 Å². The molecule has 2 rings (SSSR count). The second-order valence-corrected chi connectivity index (χ2v) is 5.16. The Morgan fingerprint density at radius 3 is 2.53 bits per heavy atom. The summed E-state index contributed by atoms with van der Waals surface area (Å²) >= 11 is 0. The summed E-state index contributed by atoms with van der Waals surface area (Å²) < 4.78 is 38.6. The predicted octanol–water partition coefficient (Wildman–Crippen LogP) is 3.91. The Labute approximate surface area is 111 Å². The van der Waals surface area contributed by atoms with Gasteiger partial charge in [-0.15, -0.1) is 0 Å². The first-order chi connectivity index (χ1) is 8.91. The van der Waals surface area contributed by atoms with Crippen molar-refractivity contribution in [1.29, 1.82) is 0 Å². The van der Waals surface area contributed by atoms with Crippen LogP contribution in [0.25, 0.3) is 0 Å². The van der Waals surface area contributed by atoms with Gasteiger partial charge in [-0.25, -0.2) is 0 Å². The monoisotopic (exact) mass is 272 g/mol. The van der Waals surface area contributed by atoms with Crippen molar-refractivity contribution in [3.8, 4) is 0 Å². The molecule has 1 aliphatic rings. The number of benzene rings is 1. The van der Waals surface area contributed by atoms with Crippen molar-refractivity contribution in [3.63, 3.8) is 0 Å². The minimum Gasteiger partial charge on any atom is -0.398 e. The van der Waals surface area contributed by atoms with Crippen molar-refractivity contribution in [2.24, 2.45) is 5.92 Å². The van der Waals surface area contributed by atoms with Crippen LogP contribution in [0.15, 0.2) is 18.2 Å². The van der Waals surface area contributed by atoms with Crippen LogP contribution in [0.3, 0.4) is 0 Å². The molecule has 0 heterocycles. The third-order valence-corrected chi connectivity index (χ3v) is 3.38. The van der Waals surface area contributed by atoms with Crippen molar-refractivity contribution >= 4 is 11.4 Å². The number of nitrogen functional groups attached to an aromatic ring is 1. The number of hydrogen-bond acceptors (Lipinski definition) is 2. The van der Waals surface area contributed by atoms with Crippen LogP contribution < -0.4 is 10.6 Å². The Morgan fingerprint density at radius 1 is 1.32 bits per heavy atom. The third kappa shape index (κ3) is 3.55. The molecule has 0 bridgehead atoms. The van der Waals surface area contributed by atoms with Crippen LogP contribution in [0.2, 0.25) is 0 Å². The second kappa shape index (κ2) is 5.31. The Balaban J connectivity index is 2.26. The van der Waals surface area contributed by atoms with E-state index in [4.69, 9.17) is 5.73 Å². The standard InChI is InChI=1S/C14H19F3N2/c1-2-7-19(9-10-3-4-10)11-5-6-13(18)12(8-11)14(15,16)17/h5-6,8,10H,2-4,7,9,18H2,1H3. The van der Waals surface area contributed by atoms with E-state index in [2.05, 4.69) is 0 Å². The number of halogens is 3. The Kier molecular flexibility index (Phi) is 3.92. The Morgan fingerprint density at radius 2 is 2.00 bits per heavy atom. The van der Waals surface area contributed by atoms with Crippen molar-refractivity contribution in [2.45, 2.75) is 32.4 Å². The lowest BCUT2D eigenvalue weighted by Crippen LogP contribution is -2.27. The third-order valence-electron chi connectivity index (χ3n) is 3.38. The quantitative estimate of drug-likeness (QED) is 0.823. The maximum atomic E-state index is 12.9. The fourth-order valence-corrected chi connectivity index (χ4v) is 2.19. The molecular formula is C14H19F3N2. The maximum Gasteiger partial charge on any atom is 0.418 e. The van der Waals surface area contributed by atoms with Gasteiger partial charge in [0.15, 0.2) is 0 Å². The molecule has 0 aliphatic heterocycles. The SMILES string of the molecule is CCCN(CC1CC1)c1ccc(N)c(C(F)(F)F)c1. The van der Waals surface area contributed by atoms with Gasteiger partial charge in [0, 0.05) is 24.5 Å². The highest BCUT2D eigenvalue weighted by molar-refractivity contribution is 5.59. The lowest BCUT2D eigenvalue weighted by molar-refractivity contribution is -0.136. The van der Waals surface area contributed by atoms with Crippen molar-refractivity contribution in [1.82, 2.24) is 0 Å². The lowest BCUT2D eigenvalue weighted by atomic mass is 10.1. The first kappa shape index (κ1) is 14.0. The smallest absolute Gasteiger partial charge is 0.398 e. The molecule has 5 heteroatoms. The predicted molar refractivity (Wildman–Crippen MR) is 71.1 cm³/mol. The molecule has 1 saturated carbocycles. The maximum absolute atomic E-state index is 12.9. The minimum atomic E-state index is -4.39. The van der Waals surface area contributed by atoms with Gasteiger partial charge in [-0.2, -0.15) is 13.2 Å². The van der Waals surface area contributed by atoms with E-state index in [0.29, 0.717) is 11.6 Å². The zero-order valence-electron chi connectivity index (χ0n) is 11.0. The average Bonchev–Trinajstić information content (AvgIpc) is 3.11. The van der Waals surface area contributed by atoms with Crippen molar-refractivity contribution in [2.75, 3.05) is 23.7 Å². The summed E-state index contributed by atoms with van der Waals surface area (Å²) in [4.78, 5) is 2.03. The molecule has 1 aromatic carbocycles. The second-order valence-electron chi connectivity index (χ2n) is 5.16. The van der Waals surface area contributed by atoms with Gasteiger partial charge in [0.2, 0.25) is 0 Å². The summed E-state index contributed by atoms with van der Waals surface area (Å²) in [5.74, 6) is 0.637. The zero-order chi connectivity index (χ0) is 14.0. The molecule has 0 radical (unpaired) electrons. The fraction of sp³-hybridized carbons (Fsp3) is 0.571. The van der Waals surface area contributed by atoms with Crippen molar-refractivity contribution in [3.05, 3.63) is 23.8 Å². The average molecular weight is 272 g/mol. The molecule has 0 atom stereocenters. The highest BCUT2D eigenvalue weighted by Gasteiger charge is 2.34. The summed E-state index contributed by atoms with van der Waals surface area (Å²) in [7, 11) is 0. The highest BCUT2D eigenvalue weighted by atomic mass is 19.4. The molecule has 0 spiro atoms. The molecule has 19 heavy (non-hydrogen) atoms. The fourth-order valence-electron chi connectivity index (χ4n) is 2.19. The topological polar surface area (TPSA) is 29.3 Å². The van der Waals surface area contributed by atoms with Gasteiger partial charge in [-0.1, -0.05) is 6.92 Å². The van der Waals surface area contributed by atoms with E-state index in [1.54, 1.807) is 6.07 Å². The van der Waals surface area contributed by atoms with E-state index < -0.39 is 11.7 Å². The summed E-state index contributed by atoms with van der Waals surface area (Å²) in [6.07, 6.45) is -1.11. The van der Waals surface area contributed by atoms with Gasteiger partial charge in [0.25, 0.3) is 0 Å². The number of nitrogens with zero attached hydrogens (tertiary/aromatic N) is 1. The first-order valence-electron chi connectivity index (χ1n) is 6.63. The van der Waals surface area contributed by atoms with E-state index in [0.717, 1.165) is 19.5 Å². The zero-order valence-corrected chi connectivity index (χ0v) is 11.0. The van der Waals surface area contributed by atoms with Crippen LogP contribution in [0.4, 0.5) is 24.5 Å². The summed E-state index contributed by atoms with van der Waals surface area (Å²) in [5, 5.41) is 0. The van der Waals surface area contributed by atoms with E-state index in [9.17, 15) is 13.2 Å². The van der Waals surface area contributed by atoms with Crippen LogP contribution in [-0.2, 0) is 6.18 Å². The largest absolute Gasteiger partial charge is 0.418 e. The van der Waals surface area contributed by atoms with Crippen molar-refractivity contribution < 1.29 is 13.2 Å². The summed E-state index contributed by atoms with van der Waals surface area (Å²) in [5.41, 5.74) is 5.10. The number of nitrogens with two attached hydrogens (primary N) is 1. The summed E-state index contributed by atoms with van der Waals surface area (Å²) in [6.45, 7) is 3.65. The molecule has 1 fully saturated rings. The van der Waals surface area contributed by atoms with E-state index in [-0.39, 0.29) is 5.69 Å². The van der Waals surface area contributed by atoms with E-state index in [1.165, 1.54) is 25.0 Å². The number of alkyl halides is 3. The van der Waals surface area contributed by atoms with Crippen LogP contribution >= 0.6 is 0 Å². The van der Waals surface area contributed by atoms with Gasteiger partial charge < -0.3 is 10.6 Å². The van der Waals surface area contributed by atoms with E-state index >= 15 is 0 Å². The Hall–Kier alpha value is -1.39. The molecule has 0 unspecified atom stereocenters. The Bertz CT molecular complexity index is 439. The number of rotatable bonds is 5. The molecule has 1 aromatic rings. The number of hydrogen-bond donors (Lipinski definition) is 1. The number of anilines is 2. The van der Waals surface area contributed by atoms with Gasteiger partial charge >= 0.3 is 6.18 Å². The van der Waals surface area contributed by atoms with Gasteiger partial charge in [0.1, 0.15) is 0 Å². The molecule has 2 N–H and O–H groups in total. The van der Waals surface area contributed by atoms with Gasteiger partial charge in [0.05, 0.1) is 5.56 Å². The normalized spacial score (nSPS) is 15.6.